The molecule has 3 aromatic carbocycles. The number of nitrogens with zero attached hydrogens (tertiary/aromatic N) is 2. The average molecular weight is 443 g/mol. The highest BCUT2D eigenvalue weighted by atomic mass is 35.5. The molecule has 0 saturated heterocycles. The molecule has 4 nitrogen and oxygen atoms in total. The second kappa shape index (κ2) is 8.41. The molecule has 1 aromatic heterocycles. The first-order valence-electron chi connectivity index (χ1n) is 8.81. The molecule has 0 aliphatic rings. The molecule has 1 heterocycles. The number of carbonyl (C=O) groups excluding carboxylic acids is 1. The number of methoxy groups -OCH3 is 1. The fourth-order valence-corrected chi connectivity index (χ4v) is 4.44. The molecule has 0 aliphatic carbocycles. The zero-order valence-corrected chi connectivity index (χ0v) is 17.8. The number of hydrogen-bond donors (Lipinski definition) is 0. The van der Waals surface area contributed by atoms with E-state index < -0.39 is 0 Å². The van der Waals surface area contributed by atoms with Gasteiger partial charge < -0.3 is 4.74 Å². The van der Waals surface area contributed by atoms with Crippen molar-refractivity contribution in [3.63, 3.8) is 0 Å². The SMILES string of the molecule is COc1ccc(Cl)cc1C(=O)N(Cc1ccccc1)c1nc2c(Cl)cccc2s1. The average Bonchev–Trinajstić information content (AvgIpc) is 3.17. The lowest BCUT2D eigenvalue weighted by Crippen LogP contribution is -2.30. The summed E-state index contributed by atoms with van der Waals surface area (Å²) in [6.07, 6.45) is 0. The zero-order valence-electron chi connectivity index (χ0n) is 15.4. The maximum absolute atomic E-state index is 13.6. The quantitative estimate of drug-likeness (QED) is 0.356. The molecule has 7 heteroatoms. The molecule has 4 aromatic rings. The molecule has 0 saturated carbocycles. The lowest BCUT2D eigenvalue weighted by molar-refractivity contribution is 0.0982. The summed E-state index contributed by atoms with van der Waals surface area (Å²) < 4.78 is 6.30. The van der Waals surface area contributed by atoms with Crippen LogP contribution in [0, 0.1) is 0 Å². The van der Waals surface area contributed by atoms with E-state index >= 15 is 0 Å². The number of aromatic nitrogens is 1. The Morgan fingerprint density at radius 1 is 1.07 bits per heavy atom. The largest absolute Gasteiger partial charge is 0.496 e. The van der Waals surface area contributed by atoms with Gasteiger partial charge in [-0.05, 0) is 35.9 Å². The summed E-state index contributed by atoms with van der Waals surface area (Å²) in [5.41, 5.74) is 2.03. The van der Waals surface area contributed by atoms with E-state index in [1.165, 1.54) is 18.4 Å². The van der Waals surface area contributed by atoms with Gasteiger partial charge in [0.05, 0.1) is 28.9 Å². The van der Waals surface area contributed by atoms with Gasteiger partial charge in [-0.3, -0.25) is 9.69 Å². The third kappa shape index (κ3) is 4.08. The first-order valence-corrected chi connectivity index (χ1v) is 10.4. The van der Waals surface area contributed by atoms with Crippen LogP contribution in [0.3, 0.4) is 0 Å². The van der Waals surface area contributed by atoms with Crippen molar-refractivity contribution in [1.82, 2.24) is 4.98 Å². The van der Waals surface area contributed by atoms with Crippen molar-refractivity contribution in [1.29, 1.82) is 0 Å². The van der Waals surface area contributed by atoms with Crippen molar-refractivity contribution < 1.29 is 9.53 Å². The summed E-state index contributed by atoms with van der Waals surface area (Å²) in [4.78, 5) is 19.8. The Labute approximate surface area is 182 Å². The van der Waals surface area contributed by atoms with Gasteiger partial charge in [0.25, 0.3) is 5.91 Å². The first-order chi connectivity index (χ1) is 14.1. The van der Waals surface area contributed by atoms with Crippen LogP contribution in [-0.2, 0) is 6.54 Å². The monoisotopic (exact) mass is 442 g/mol. The number of benzene rings is 3. The van der Waals surface area contributed by atoms with Gasteiger partial charge >= 0.3 is 0 Å². The topological polar surface area (TPSA) is 42.4 Å². The van der Waals surface area contributed by atoms with Crippen LogP contribution in [-0.4, -0.2) is 18.0 Å². The summed E-state index contributed by atoms with van der Waals surface area (Å²) >= 11 is 13.9. The van der Waals surface area contributed by atoms with Crippen LogP contribution in [0.5, 0.6) is 5.75 Å². The summed E-state index contributed by atoms with van der Waals surface area (Å²) in [7, 11) is 1.53. The van der Waals surface area contributed by atoms with Crippen molar-refractivity contribution in [3.05, 3.63) is 87.9 Å². The fourth-order valence-electron chi connectivity index (χ4n) is 3.00. The van der Waals surface area contributed by atoms with E-state index in [0.717, 1.165) is 10.3 Å². The Morgan fingerprint density at radius 2 is 1.86 bits per heavy atom. The zero-order chi connectivity index (χ0) is 20.4. The van der Waals surface area contributed by atoms with Crippen LogP contribution in [0.15, 0.2) is 66.7 Å². The highest BCUT2D eigenvalue weighted by molar-refractivity contribution is 7.22. The van der Waals surface area contributed by atoms with Crippen LogP contribution >= 0.6 is 34.5 Å². The predicted octanol–water partition coefficient (Wildman–Crippen LogP) is 6.46. The summed E-state index contributed by atoms with van der Waals surface area (Å²) in [6.45, 7) is 0.354. The Kier molecular flexibility index (Phi) is 5.72. The Bertz CT molecular complexity index is 1180. The van der Waals surface area contributed by atoms with Gasteiger partial charge in [-0.25, -0.2) is 4.98 Å². The minimum absolute atomic E-state index is 0.247. The number of thiazole rings is 1. The van der Waals surface area contributed by atoms with Crippen LogP contribution in [0.1, 0.15) is 15.9 Å². The highest BCUT2D eigenvalue weighted by Gasteiger charge is 2.25. The molecule has 0 fully saturated rings. The van der Waals surface area contributed by atoms with E-state index in [-0.39, 0.29) is 5.91 Å². The molecule has 4 rings (SSSR count). The predicted molar refractivity (Wildman–Crippen MR) is 120 cm³/mol. The molecule has 0 radical (unpaired) electrons. The van der Waals surface area contributed by atoms with Crippen LogP contribution in [0.4, 0.5) is 5.13 Å². The number of hydrogen-bond acceptors (Lipinski definition) is 4. The fraction of sp³-hybridized carbons (Fsp3) is 0.0909. The standard InChI is InChI=1S/C22H16Cl2N2O2S/c1-28-18-11-10-15(23)12-16(18)21(27)26(13-14-6-3-2-4-7-14)22-25-20-17(24)8-5-9-19(20)29-22/h2-12H,13H2,1H3. The summed E-state index contributed by atoms with van der Waals surface area (Å²) in [5.74, 6) is 0.208. The molecular formula is C22H16Cl2N2O2S. The normalized spacial score (nSPS) is 10.9. The second-order valence-electron chi connectivity index (χ2n) is 6.30. The van der Waals surface area contributed by atoms with Crippen molar-refractivity contribution in [3.8, 4) is 5.75 Å². The smallest absolute Gasteiger partial charge is 0.264 e. The van der Waals surface area contributed by atoms with E-state index in [0.29, 0.717) is 38.6 Å². The third-order valence-corrected chi connectivity index (χ3v) is 5.99. The first kappa shape index (κ1) is 19.7. The lowest BCUT2D eigenvalue weighted by Gasteiger charge is -2.21. The maximum atomic E-state index is 13.6. The van der Waals surface area contributed by atoms with Crippen LogP contribution < -0.4 is 9.64 Å². The molecule has 0 spiro atoms. The Balaban J connectivity index is 1.82. The van der Waals surface area contributed by atoms with E-state index in [1.54, 1.807) is 29.2 Å². The minimum atomic E-state index is -0.247. The minimum Gasteiger partial charge on any atom is -0.496 e. The van der Waals surface area contributed by atoms with Gasteiger partial charge in [0.1, 0.15) is 11.3 Å². The van der Waals surface area contributed by atoms with Crippen molar-refractivity contribution in [2.24, 2.45) is 0 Å². The number of halogens is 2. The summed E-state index contributed by atoms with van der Waals surface area (Å²) in [5, 5.41) is 1.57. The van der Waals surface area contributed by atoms with Crippen molar-refractivity contribution in [2.75, 3.05) is 12.0 Å². The number of carbonyl (C=O) groups is 1. The van der Waals surface area contributed by atoms with E-state index in [4.69, 9.17) is 27.9 Å². The number of anilines is 1. The van der Waals surface area contributed by atoms with E-state index in [2.05, 4.69) is 4.98 Å². The van der Waals surface area contributed by atoms with Gasteiger partial charge in [-0.2, -0.15) is 0 Å². The Morgan fingerprint density at radius 3 is 2.59 bits per heavy atom. The van der Waals surface area contributed by atoms with Gasteiger partial charge in [0, 0.05) is 5.02 Å². The highest BCUT2D eigenvalue weighted by Crippen LogP contribution is 2.35. The Hall–Kier alpha value is -2.60. The molecule has 0 unspecified atom stereocenters. The van der Waals surface area contributed by atoms with Crippen molar-refractivity contribution >= 4 is 55.8 Å². The van der Waals surface area contributed by atoms with Crippen LogP contribution in [0.25, 0.3) is 10.2 Å². The van der Waals surface area contributed by atoms with E-state index in [9.17, 15) is 4.79 Å². The van der Waals surface area contributed by atoms with Crippen LogP contribution in [0.2, 0.25) is 10.0 Å². The number of ether oxygens (including phenoxy) is 1. The number of para-hydroxylation sites is 1. The van der Waals surface area contributed by atoms with Gasteiger partial charge in [0.2, 0.25) is 0 Å². The van der Waals surface area contributed by atoms with Gasteiger partial charge in [-0.1, -0.05) is 70.9 Å². The molecule has 0 atom stereocenters. The van der Waals surface area contributed by atoms with Gasteiger partial charge in [-0.15, -0.1) is 0 Å². The lowest BCUT2D eigenvalue weighted by atomic mass is 10.1. The van der Waals surface area contributed by atoms with Crippen molar-refractivity contribution in [2.45, 2.75) is 6.54 Å². The third-order valence-electron chi connectivity index (χ3n) is 4.41. The molecule has 1 amide bonds. The molecule has 0 aliphatic heterocycles. The van der Waals surface area contributed by atoms with E-state index in [1.807, 2.05) is 42.5 Å². The number of fused-ring (bicyclic) bond motifs is 1. The summed E-state index contributed by atoms with van der Waals surface area (Å²) in [6, 6.07) is 20.3. The molecule has 29 heavy (non-hydrogen) atoms. The molecular weight excluding hydrogens is 427 g/mol. The second-order valence-corrected chi connectivity index (χ2v) is 8.16. The molecule has 0 bridgehead atoms. The molecule has 146 valence electrons. The molecule has 0 N–H and O–H groups in total. The number of rotatable bonds is 5. The number of amides is 1. The maximum Gasteiger partial charge on any atom is 0.264 e. The van der Waals surface area contributed by atoms with Gasteiger partial charge in [0.15, 0.2) is 5.13 Å².